The molecule has 0 spiro atoms. The zero-order chi connectivity index (χ0) is 21.8. The molecule has 0 bridgehead atoms. The molecule has 1 aromatic heterocycles. The number of benzene rings is 2. The van der Waals surface area contributed by atoms with Crippen LogP contribution in [0.3, 0.4) is 0 Å². The van der Waals surface area contributed by atoms with Crippen LogP contribution in [0, 0.1) is 26.6 Å². The Morgan fingerprint density at radius 1 is 1.07 bits per heavy atom. The van der Waals surface area contributed by atoms with Crippen LogP contribution in [0.1, 0.15) is 34.1 Å². The van der Waals surface area contributed by atoms with E-state index in [1.54, 1.807) is 37.5 Å². The van der Waals surface area contributed by atoms with E-state index >= 15 is 0 Å². The molecule has 2 aromatic carbocycles. The largest absolute Gasteiger partial charge is 0.462 e. The molecule has 5 nitrogen and oxygen atoms in total. The Labute approximate surface area is 175 Å². The fourth-order valence-electron chi connectivity index (χ4n) is 3.58. The Bertz CT molecular complexity index is 1090. The van der Waals surface area contributed by atoms with Crippen LogP contribution in [0.5, 0.6) is 0 Å². The van der Waals surface area contributed by atoms with Crippen LogP contribution < -0.4 is 5.32 Å². The van der Waals surface area contributed by atoms with E-state index in [0.717, 1.165) is 16.8 Å². The number of hydrogen-bond donors (Lipinski definition) is 1. The number of carbonyl (C=O) groups is 2. The number of aromatic nitrogens is 1. The number of hydrogen-bond acceptors (Lipinski definition) is 3. The van der Waals surface area contributed by atoms with Gasteiger partial charge in [0.2, 0.25) is 5.91 Å². The average Bonchev–Trinajstić information content (AvgIpc) is 2.95. The maximum absolute atomic E-state index is 13.8. The van der Waals surface area contributed by atoms with E-state index in [1.165, 1.54) is 6.07 Å². The SMILES string of the molecule is CCOC(=O)c1c(C)c(-c2ccccc2)n(CC(=O)Nc2ccc(C)c(F)c2)c1C. The van der Waals surface area contributed by atoms with Gasteiger partial charge in [0, 0.05) is 11.4 Å². The molecule has 0 saturated carbocycles. The summed E-state index contributed by atoms with van der Waals surface area (Å²) in [5.74, 6) is -1.11. The van der Waals surface area contributed by atoms with E-state index in [-0.39, 0.29) is 24.9 Å². The van der Waals surface area contributed by atoms with Crippen molar-refractivity contribution in [1.29, 1.82) is 0 Å². The van der Waals surface area contributed by atoms with Gasteiger partial charge in [-0.1, -0.05) is 36.4 Å². The third-order valence-electron chi connectivity index (χ3n) is 5.05. The molecule has 1 heterocycles. The summed E-state index contributed by atoms with van der Waals surface area (Å²) >= 11 is 0. The summed E-state index contributed by atoms with van der Waals surface area (Å²) in [7, 11) is 0. The highest BCUT2D eigenvalue weighted by molar-refractivity contribution is 5.96. The normalized spacial score (nSPS) is 10.7. The first-order chi connectivity index (χ1) is 14.3. The predicted molar refractivity (Wildman–Crippen MR) is 115 cm³/mol. The number of ether oxygens (including phenoxy) is 1. The van der Waals surface area contributed by atoms with Crippen LogP contribution in [0.15, 0.2) is 48.5 Å². The summed E-state index contributed by atoms with van der Waals surface area (Å²) in [4.78, 5) is 25.3. The van der Waals surface area contributed by atoms with Crippen LogP contribution in [-0.4, -0.2) is 23.1 Å². The molecular formula is C24H25FN2O3. The molecule has 0 unspecified atom stereocenters. The number of nitrogens with one attached hydrogen (secondary N) is 1. The third kappa shape index (κ3) is 4.27. The molecule has 156 valence electrons. The van der Waals surface area contributed by atoms with E-state index in [0.29, 0.717) is 22.5 Å². The summed E-state index contributed by atoms with van der Waals surface area (Å²) in [6.07, 6.45) is 0. The Morgan fingerprint density at radius 3 is 2.40 bits per heavy atom. The number of esters is 1. The Balaban J connectivity index is 1.99. The number of rotatable bonds is 6. The highest BCUT2D eigenvalue weighted by Crippen LogP contribution is 2.31. The van der Waals surface area contributed by atoms with Gasteiger partial charge in [-0.2, -0.15) is 0 Å². The number of carbonyl (C=O) groups excluding carboxylic acids is 2. The minimum Gasteiger partial charge on any atom is -0.462 e. The number of nitrogens with zero attached hydrogens (tertiary/aromatic N) is 1. The maximum atomic E-state index is 13.8. The lowest BCUT2D eigenvalue weighted by Gasteiger charge is -2.13. The van der Waals surface area contributed by atoms with E-state index in [1.807, 2.05) is 37.3 Å². The van der Waals surface area contributed by atoms with Gasteiger partial charge in [0.25, 0.3) is 0 Å². The van der Waals surface area contributed by atoms with Crippen LogP contribution in [-0.2, 0) is 16.1 Å². The minimum absolute atomic E-state index is 0.0220. The zero-order valence-electron chi connectivity index (χ0n) is 17.6. The van der Waals surface area contributed by atoms with Crippen molar-refractivity contribution in [3.05, 3.63) is 76.7 Å². The van der Waals surface area contributed by atoms with E-state index in [2.05, 4.69) is 5.32 Å². The summed E-state index contributed by atoms with van der Waals surface area (Å²) in [5.41, 5.74) is 4.43. The molecule has 0 fully saturated rings. The number of aryl methyl sites for hydroxylation is 1. The molecule has 6 heteroatoms. The van der Waals surface area contributed by atoms with Crippen molar-refractivity contribution in [3.8, 4) is 11.3 Å². The summed E-state index contributed by atoms with van der Waals surface area (Å²) in [6, 6.07) is 14.1. The Morgan fingerprint density at radius 2 is 1.77 bits per heavy atom. The molecule has 3 aromatic rings. The quantitative estimate of drug-likeness (QED) is 0.582. The van der Waals surface area contributed by atoms with Gasteiger partial charge in [0.1, 0.15) is 12.4 Å². The zero-order valence-corrected chi connectivity index (χ0v) is 17.6. The number of anilines is 1. The van der Waals surface area contributed by atoms with Gasteiger partial charge in [-0.3, -0.25) is 4.79 Å². The monoisotopic (exact) mass is 408 g/mol. The molecule has 0 aliphatic carbocycles. The van der Waals surface area contributed by atoms with Gasteiger partial charge < -0.3 is 14.6 Å². The van der Waals surface area contributed by atoms with Gasteiger partial charge in [-0.25, -0.2) is 9.18 Å². The lowest BCUT2D eigenvalue weighted by molar-refractivity contribution is -0.116. The second-order valence-electron chi connectivity index (χ2n) is 7.12. The van der Waals surface area contributed by atoms with Crippen molar-refractivity contribution >= 4 is 17.6 Å². The van der Waals surface area contributed by atoms with Gasteiger partial charge in [-0.05, 0) is 56.5 Å². The molecule has 0 atom stereocenters. The van der Waals surface area contributed by atoms with Gasteiger partial charge in [0.05, 0.1) is 17.9 Å². The molecule has 1 N–H and O–H groups in total. The summed E-state index contributed by atoms with van der Waals surface area (Å²) < 4.78 is 20.8. The lowest BCUT2D eigenvalue weighted by Crippen LogP contribution is -2.20. The van der Waals surface area contributed by atoms with Gasteiger partial charge in [-0.15, -0.1) is 0 Å². The molecule has 0 saturated heterocycles. The van der Waals surface area contributed by atoms with Crippen LogP contribution in [0.4, 0.5) is 10.1 Å². The van der Waals surface area contributed by atoms with Crippen LogP contribution >= 0.6 is 0 Å². The minimum atomic E-state index is -0.413. The van der Waals surface area contributed by atoms with Gasteiger partial charge in [0.15, 0.2) is 0 Å². The van der Waals surface area contributed by atoms with Crippen molar-refractivity contribution in [2.24, 2.45) is 0 Å². The number of amides is 1. The first kappa shape index (κ1) is 21.3. The molecule has 0 aliphatic rings. The van der Waals surface area contributed by atoms with Crippen molar-refractivity contribution in [2.75, 3.05) is 11.9 Å². The topological polar surface area (TPSA) is 60.3 Å². The molecule has 0 aliphatic heterocycles. The smallest absolute Gasteiger partial charge is 0.340 e. The molecular weight excluding hydrogens is 383 g/mol. The fourth-order valence-corrected chi connectivity index (χ4v) is 3.58. The molecule has 3 rings (SSSR count). The first-order valence-electron chi connectivity index (χ1n) is 9.81. The van der Waals surface area contributed by atoms with Crippen molar-refractivity contribution in [3.63, 3.8) is 0 Å². The maximum Gasteiger partial charge on any atom is 0.340 e. The Hall–Kier alpha value is -3.41. The summed E-state index contributed by atoms with van der Waals surface area (Å²) in [6.45, 7) is 7.31. The van der Waals surface area contributed by atoms with Crippen LogP contribution in [0.2, 0.25) is 0 Å². The van der Waals surface area contributed by atoms with E-state index < -0.39 is 5.97 Å². The molecule has 0 radical (unpaired) electrons. The highest BCUT2D eigenvalue weighted by Gasteiger charge is 2.25. The first-order valence-corrected chi connectivity index (χ1v) is 9.81. The van der Waals surface area contributed by atoms with E-state index in [4.69, 9.17) is 4.74 Å². The van der Waals surface area contributed by atoms with Crippen molar-refractivity contribution in [1.82, 2.24) is 4.57 Å². The second-order valence-corrected chi connectivity index (χ2v) is 7.12. The Kier molecular flexibility index (Phi) is 6.35. The number of halogens is 1. The van der Waals surface area contributed by atoms with Crippen LogP contribution in [0.25, 0.3) is 11.3 Å². The molecule has 1 amide bonds. The van der Waals surface area contributed by atoms with E-state index in [9.17, 15) is 14.0 Å². The van der Waals surface area contributed by atoms with Crippen molar-refractivity contribution in [2.45, 2.75) is 34.2 Å². The standard InChI is InChI=1S/C24H25FN2O3/c1-5-30-24(29)22-16(3)23(18-9-7-6-8-10-18)27(17(22)4)14-21(28)26-19-12-11-15(2)20(25)13-19/h6-13H,5,14H2,1-4H3,(H,26,28). The fraction of sp³-hybridized carbons (Fsp3) is 0.250. The molecule has 30 heavy (non-hydrogen) atoms. The highest BCUT2D eigenvalue weighted by atomic mass is 19.1. The van der Waals surface area contributed by atoms with Crippen molar-refractivity contribution < 1.29 is 18.7 Å². The predicted octanol–water partition coefficient (Wildman–Crippen LogP) is 5.03. The third-order valence-corrected chi connectivity index (χ3v) is 5.05. The second kappa shape index (κ2) is 8.95. The van der Waals surface area contributed by atoms with Gasteiger partial charge >= 0.3 is 5.97 Å². The summed E-state index contributed by atoms with van der Waals surface area (Å²) in [5, 5.41) is 2.73. The average molecular weight is 408 g/mol. The lowest BCUT2D eigenvalue weighted by atomic mass is 10.1.